The van der Waals surface area contributed by atoms with Gasteiger partial charge in [0.25, 0.3) is 0 Å². The van der Waals surface area contributed by atoms with Crippen LogP contribution in [0.25, 0.3) is 0 Å². The maximum atomic E-state index is 11.7. The molecule has 0 heterocycles. The van der Waals surface area contributed by atoms with E-state index in [2.05, 4.69) is 10.1 Å². The van der Waals surface area contributed by atoms with Gasteiger partial charge in [-0.15, -0.1) is 0 Å². The number of rotatable bonds is 4. The third-order valence-electron chi connectivity index (χ3n) is 2.61. The van der Waals surface area contributed by atoms with Crippen molar-refractivity contribution < 1.29 is 14.3 Å². The van der Waals surface area contributed by atoms with Crippen molar-refractivity contribution in [1.29, 1.82) is 0 Å². The fraction of sp³-hybridized carbons (Fsp3) is 0.385. The van der Waals surface area contributed by atoms with Gasteiger partial charge in [-0.25, -0.2) is 4.79 Å². The van der Waals surface area contributed by atoms with Crippen LogP contribution in [0.1, 0.15) is 29.3 Å². The minimum absolute atomic E-state index is 0.313. The highest BCUT2D eigenvalue weighted by atomic mass is 16.5. The number of nitrogens with two attached hydrogens (primary N) is 1. The fourth-order valence-electron chi connectivity index (χ4n) is 1.46. The van der Waals surface area contributed by atoms with Gasteiger partial charge in [-0.05, 0) is 25.5 Å². The van der Waals surface area contributed by atoms with Gasteiger partial charge >= 0.3 is 5.97 Å². The molecule has 0 saturated heterocycles. The minimum Gasteiger partial charge on any atom is -0.465 e. The van der Waals surface area contributed by atoms with Gasteiger partial charge < -0.3 is 15.8 Å². The van der Waals surface area contributed by atoms with Crippen LogP contribution < -0.4 is 11.1 Å². The summed E-state index contributed by atoms with van der Waals surface area (Å²) in [6, 6.07) is 4.55. The molecule has 1 rings (SSSR count). The van der Waals surface area contributed by atoms with Crippen molar-refractivity contribution in [3.05, 3.63) is 29.3 Å². The molecule has 1 amide bonds. The summed E-state index contributed by atoms with van der Waals surface area (Å²) in [6.07, 6.45) is 0.533. The van der Waals surface area contributed by atoms with Crippen LogP contribution in [0.15, 0.2) is 18.2 Å². The predicted molar refractivity (Wildman–Crippen MR) is 69.4 cm³/mol. The van der Waals surface area contributed by atoms with Crippen LogP contribution in [0.5, 0.6) is 0 Å². The Kier molecular flexibility index (Phi) is 4.85. The van der Waals surface area contributed by atoms with Crippen LogP contribution >= 0.6 is 0 Å². The molecule has 0 saturated carbocycles. The van der Waals surface area contributed by atoms with E-state index in [-0.39, 0.29) is 5.91 Å². The Hall–Kier alpha value is -1.88. The Labute approximate surface area is 106 Å². The molecule has 1 unspecified atom stereocenters. The van der Waals surface area contributed by atoms with E-state index < -0.39 is 12.0 Å². The Morgan fingerprint density at radius 2 is 2.11 bits per heavy atom. The summed E-state index contributed by atoms with van der Waals surface area (Å²) in [4.78, 5) is 23.3. The normalized spacial score (nSPS) is 11.8. The van der Waals surface area contributed by atoms with E-state index in [0.717, 1.165) is 5.56 Å². The van der Waals surface area contributed by atoms with Crippen molar-refractivity contribution in [3.63, 3.8) is 0 Å². The lowest BCUT2D eigenvalue weighted by atomic mass is 10.1. The quantitative estimate of drug-likeness (QED) is 0.793. The highest BCUT2D eigenvalue weighted by Gasteiger charge is 2.16. The minimum atomic E-state index is -0.586. The van der Waals surface area contributed by atoms with E-state index >= 15 is 0 Å². The summed E-state index contributed by atoms with van der Waals surface area (Å²) >= 11 is 0. The summed E-state index contributed by atoms with van der Waals surface area (Å²) in [6.45, 7) is 3.68. The van der Waals surface area contributed by atoms with Crippen LogP contribution in [-0.4, -0.2) is 25.0 Å². The molecule has 0 aromatic heterocycles. The van der Waals surface area contributed by atoms with Gasteiger partial charge in [0.05, 0.1) is 24.4 Å². The van der Waals surface area contributed by atoms with Crippen molar-refractivity contribution in [3.8, 4) is 0 Å². The van der Waals surface area contributed by atoms with Crippen molar-refractivity contribution in [2.75, 3.05) is 12.4 Å². The number of benzene rings is 1. The number of carbonyl (C=O) groups is 2. The van der Waals surface area contributed by atoms with Gasteiger partial charge in [-0.2, -0.15) is 0 Å². The molecule has 1 atom stereocenters. The smallest absolute Gasteiger partial charge is 0.339 e. The Morgan fingerprint density at radius 1 is 1.44 bits per heavy atom. The van der Waals surface area contributed by atoms with Crippen LogP contribution in [-0.2, 0) is 9.53 Å². The molecule has 5 nitrogen and oxygen atoms in total. The van der Waals surface area contributed by atoms with Gasteiger partial charge in [0.1, 0.15) is 0 Å². The first-order chi connectivity index (χ1) is 8.49. The molecule has 0 aliphatic carbocycles. The monoisotopic (exact) mass is 250 g/mol. The summed E-state index contributed by atoms with van der Waals surface area (Å²) in [5.41, 5.74) is 7.28. The average Bonchev–Trinajstić information content (AvgIpc) is 2.38. The van der Waals surface area contributed by atoms with E-state index in [4.69, 9.17) is 5.73 Å². The lowest BCUT2D eigenvalue weighted by molar-refractivity contribution is -0.117. The Bertz CT molecular complexity index is 458. The van der Waals surface area contributed by atoms with E-state index in [1.165, 1.54) is 7.11 Å². The first kappa shape index (κ1) is 14.2. The molecular formula is C13H18N2O3. The summed E-state index contributed by atoms with van der Waals surface area (Å²) in [5, 5.41) is 2.64. The third kappa shape index (κ3) is 3.30. The van der Waals surface area contributed by atoms with E-state index in [9.17, 15) is 9.59 Å². The summed E-state index contributed by atoms with van der Waals surface area (Å²) in [5.74, 6) is -0.800. The lowest BCUT2D eigenvalue weighted by Gasteiger charge is -2.13. The molecule has 0 aliphatic rings. The second-order valence-corrected chi connectivity index (χ2v) is 4.04. The van der Waals surface area contributed by atoms with E-state index in [1.54, 1.807) is 18.2 Å². The second-order valence-electron chi connectivity index (χ2n) is 4.04. The summed E-state index contributed by atoms with van der Waals surface area (Å²) in [7, 11) is 1.30. The number of methoxy groups -OCH3 is 1. The van der Waals surface area contributed by atoms with Gasteiger partial charge in [-0.3, -0.25) is 4.79 Å². The van der Waals surface area contributed by atoms with Crippen LogP contribution in [0, 0.1) is 6.92 Å². The zero-order chi connectivity index (χ0) is 13.7. The van der Waals surface area contributed by atoms with E-state index in [0.29, 0.717) is 17.7 Å². The van der Waals surface area contributed by atoms with Gasteiger partial charge in [0.15, 0.2) is 0 Å². The number of ether oxygens (including phenoxy) is 1. The third-order valence-corrected chi connectivity index (χ3v) is 2.61. The first-order valence-corrected chi connectivity index (χ1v) is 5.75. The average molecular weight is 250 g/mol. The van der Waals surface area contributed by atoms with E-state index in [1.807, 2.05) is 13.8 Å². The van der Waals surface area contributed by atoms with Crippen molar-refractivity contribution in [2.45, 2.75) is 26.3 Å². The molecule has 0 bridgehead atoms. The number of carbonyl (C=O) groups excluding carboxylic acids is 2. The van der Waals surface area contributed by atoms with Crippen molar-refractivity contribution in [2.24, 2.45) is 5.73 Å². The standard InChI is InChI=1S/C13H18N2O3/c1-4-10(14)12(16)15-11-6-5-8(2)7-9(11)13(17)18-3/h5-7,10H,4,14H2,1-3H3,(H,15,16). The second kappa shape index (κ2) is 6.16. The SMILES string of the molecule is CCC(N)C(=O)Nc1ccc(C)cc1C(=O)OC. The van der Waals surface area contributed by atoms with Gasteiger partial charge in [-0.1, -0.05) is 18.6 Å². The maximum Gasteiger partial charge on any atom is 0.339 e. The highest BCUT2D eigenvalue weighted by Crippen LogP contribution is 2.18. The van der Waals surface area contributed by atoms with Crippen LogP contribution in [0.2, 0.25) is 0 Å². The topological polar surface area (TPSA) is 81.4 Å². The molecule has 0 spiro atoms. The molecule has 3 N–H and O–H groups in total. The summed E-state index contributed by atoms with van der Waals surface area (Å²) < 4.78 is 4.68. The van der Waals surface area contributed by atoms with Crippen LogP contribution in [0.4, 0.5) is 5.69 Å². The fourth-order valence-corrected chi connectivity index (χ4v) is 1.46. The zero-order valence-corrected chi connectivity index (χ0v) is 10.8. The molecule has 1 aromatic carbocycles. The molecule has 5 heteroatoms. The molecule has 98 valence electrons. The molecule has 0 aliphatic heterocycles. The first-order valence-electron chi connectivity index (χ1n) is 5.75. The van der Waals surface area contributed by atoms with Gasteiger partial charge in [0, 0.05) is 0 Å². The number of amides is 1. The number of aryl methyl sites for hydroxylation is 1. The molecule has 0 radical (unpaired) electrons. The number of nitrogens with one attached hydrogen (secondary N) is 1. The molecule has 1 aromatic rings. The number of anilines is 1. The van der Waals surface area contributed by atoms with Gasteiger partial charge in [0.2, 0.25) is 5.91 Å². The Morgan fingerprint density at radius 3 is 2.67 bits per heavy atom. The molecule has 0 fully saturated rings. The number of esters is 1. The van der Waals surface area contributed by atoms with Crippen molar-refractivity contribution in [1.82, 2.24) is 0 Å². The maximum absolute atomic E-state index is 11.7. The predicted octanol–water partition coefficient (Wildman–Crippen LogP) is 1.46. The van der Waals surface area contributed by atoms with Crippen LogP contribution in [0.3, 0.4) is 0 Å². The highest BCUT2D eigenvalue weighted by molar-refractivity contribution is 6.02. The number of hydrogen-bond donors (Lipinski definition) is 2. The largest absolute Gasteiger partial charge is 0.465 e. The lowest BCUT2D eigenvalue weighted by Crippen LogP contribution is -2.35. The zero-order valence-electron chi connectivity index (χ0n) is 10.8. The molecule has 18 heavy (non-hydrogen) atoms. The number of hydrogen-bond acceptors (Lipinski definition) is 4. The Balaban J connectivity index is 3.01. The molecular weight excluding hydrogens is 232 g/mol. The van der Waals surface area contributed by atoms with Crippen molar-refractivity contribution >= 4 is 17.6 Å².